The van der Waals surface area contributed by atoms with E-state index >= 15 is 0 Å². The summed E-state index contributed by atoms with van der Waals surface area (Å²) in [6, 6.07) is 4.28. The monoisotopic (exact) mass is 190 g/mol. The largest absolute Gasteiger partial charge is 0.355 e. The summed E-state index contributed by atoms with van der Waals surface area (Å²) >= 11 is 0. The molecule has 0 spiro atoms. The van der Waals surface area contributed by atoms with Crippen LogP contribution in [0.1, 0.15) is 18.5 Å². The van der Waals surface area contributed by atoms with Gasteiger partial charge >= 0.3 is 0 Å². The molecule has 0 aliphatic carbocycles. The van der Waals surface area contributed by atoms with E-state index in [0.717, 1.165) is 19.0 Å². The van der Waals surface area contributed by atoms with E-state index in [1.54, 1.807) is 12.4 Å². The molecular weight excluding hydrogens is 176 g/mol. The molecule has 0 saturated carbocycles. The third-order valence-corrected chi connectivity index (χ3v) is 2.23. The molecule has 0 saturated heterocycles. The summed E-state index contributed by atoms with van der Waals surface area (Å²) in [4.78, 5) is 8.27. The zero-order chi connectivity index (χ0) is 9.80. The Balaban J connectivity index is 1.99. The highest BCUT2D eigenvalue weighted by molar-refractivity contribution is 5.81. The maximum Gasteiger partial charge on any atom is 0.191 e. The summed E-state index contributed by atoms with van der Waals surface area (Å²) in [5, 5.41) is 6.49. The summed E-state index contributed by atoms with van der Waals surface area (Å²) in [7, 11) is 0. The highest BCUT2D eigenvalue weighted by Crippen LogP contribution is 2.09. The van der Waals surface area contributed by atoms with Crippen molar-refractivity contribution >= 4 is 5.96 Å². The van der Waals surface area contributed by atoms with Crippen LogP contribution in [-0.4, -0.2) is 24.0 Å². The Morgan fingerprint density at radius 3 is 2.86 bits per heavy atom. The number of rotatable bonds is 2. The Bertz CT molecular complexity index is 320. The van der Waals surface area contributed by atoms with E-state index < -0.39 is 0 Å². The highest BCUT2D eigenvalue weighted by Gasteiger charge is 2.09. The lowest BCUT2D eigenvalue weighted by atomic mass is 10.1. The van der Waals surface area contributed by atoms with Crippen LogP contribution in [0.3, 0.4) is 0 Å². The first-order valence-corrected chi connectivity index (χ1v) is 4.81. The topological polar surface area (TPSA) is 49.3 Å². The number of hydrogen-bond donors (Lipinski definition) is 2. The van der Waals surface area contributed by atoms with Crippen LogP contribution in [0.4, 0.5) is 0 Å². The van der Waals surface area contributed by atoms with Crippen molar-refractivity contribution < 1.29 is 0 Å². The lowest BCUT2D eigenvalue weighted by Crippen LogP contribution is -2.35. The van der Waals surface area contributed by atoms with E-state index in [-0.39, 0.29) is 6.04 Å². The molecule has 0 unspecified atom stereocenters. The summed E-state index contributed by atoms with van der Waals surface area (Å²) in [5.74, 6) is 0.898. The molecule has 2 heterocycles. The van der Waals surface area contributed by atoms with Gasteiger partial charge in [-0.1, -0.05) is 0 Å². The van der Waals surface area contributed by atoms with Crippen LogP contribution in [0.25, 0.3) is 0 Å². The van der Waals surface area contributed by atoms with Crippen LogP contribution in [0.2, 0.25) is 0 Å². The molecular formula is C10H14N4. The SMILES string of the molecule is C[C@@H](NC1=NCCN1)c1ccncc1. The van der Waals surface area contributed by atoms with E-state index in [1.807, 2.05) is 12.1 Å². The molecule has 1 aliphatic heterocycles. The summed E-state index contributed by atoms with van der Waals surface area (Å²) in [5.41, 5.74) is 1.22. The Morgan fingerprint density at radius 2 is 2.21 bits per heavy atom. The average molecular weight is 190 g/mol. The second-order valence-corrected chi connectivity index (χ2v) is 3.30. The standard InChI is InChI=1S/C10H14N4/c1-8(9-2-4-11-5-3-9)14-10-12-6-7-13-10/h2-5,8H,6-7H2,1H3,(H2,12,13,14)/t8-/m1/s1. The molecule has 14 heavy (non-hydrogen) atoms. The minimum Gasteiger partial charge on any atom is -0.355 e. The fourth-order valence-corrected chi connectivity index (χ4v) is 1.44. The molecule has 1 atom stereocenters. The minimum absolute atomic E-state index is 0.266. The van der Waals surface area contributed by atoms with Crippen molar-refractivity contribution in [2.75, 3.05) is 13.1 Å². The number of aliphatic imine (C=N–C) groups is 1. The molecule has 2 rings (SSSR count). The van der Waals surface area contributed by atoms with E-state index in [9.17, 15) is 0 Å². The molecule has 1 aromatic heterocycles. The number of guanidine groups is 1. The van der Waals surface area contributed by atoms with Crippen LogP contribution < -0.4 is 10.6 Å². The molecule has 2 N–H and O–H groups in total. The van der Waals surface area contributed by atoms with Gasteiger partial charge in [0.2, 0.25) is 0 Å². The van der Waals surface area contributed by atoms with Crippen LogP contribution in [0, 0.1) is 0 Å². The van der Waals surface area contributed by atoms with Gasteiger partial charge in [0.05, 0.1) is 12.6 Å². The lowest BCUT2D eigenvalue weighted by molar-refractivity contribution is 0.701. The second-order valence-electron chi connectivity index (χ2n) is 3.30. The third-order valence-electron chi connectivity index (χ3n) is 2.23. The van der Waals surface area contributed by atoms with Gasteiger partial charge in [0.25, 0.3) is 0 Å². The van der Waals surface area contributed by atoms with Gasteiger partial charge in [0.1, 0.15) is 0 Å². The molecule has 0 aromatic carbocycles. The minimum atomic E-state index is 0.266. The smallest absolute Gasteiger partial charge is 0.191 e. The van der Waals surface area contributed by atoms with Crippen molar-refractivity contribution in [3.8, 4) is 0 Å². The van der Waals surface area contributed by atoms with Gasteiger partial charge in [0, 0.05) is 18.9 Å². The van der Waals surface area contributed by atoms with Crippen molar-refractivity contribution in [2.24, 2.45) is 4.99 Å². The quantitative estimate of drug-likeness (QED) is 0.721. The number of nitrogens with zero attached hydrogens (tertiary/aromatic N) is 2. The first kappa shape index (κ1) is 8.99. The van der Waals surface area contributed by atoms with Crippen LogP contribution in [0.15, 0.2) is 29.5 Å². The summed E-state index contributed by atoms with van der Waals surface area (Å²) in [6.07, 6.45) is 3.61. The van der Waals surface area contributed by atoms with Crippen LogP contribution >= 0.6 is 0 Å². The molecule has 1 aromatic rings. The molecule has 0 radical (unpaired) electrons. The normalized spacial score (nSPS) is 17.1. The van der Waals surface area contributed by atoms with Gasteiger partial charge < -0.3 is 10.6 Å². The summed E-state index contributed by atoms with van der Waals surface area (Å²) in [6.45, 7) is 3.91. The second kappa shape index (κ2) is 4.09. The van der Waals surface area contributed by atoms with Crippen LogP contribution in [0.5, 0.6) is 0 Å². The Morgan fingerprint density at radius 1 is 1.43 bits per heavy atom. The van der Waals surface area contributed by atoms with Gasteiger partial charge in [-0.3, -0.25) is 9.98 Å². The first-order chi connectivity index (χ1) is 6.86. The lowest BCUT2D eigenvalue weighted by Gasteiger charge is -2.14. The van der Waals surface area contributed by atoms with Crippen molar-refractivity contribution in [1.29, 1.82) is 0 Å². The first-order valence-electron chi connectivity index (χ1n) is 4.81. The fraction of sp³-hybridized carbons (Fsp3) is 0.400. The Labute approximate surface area is 83.5 Å². The maximum absolute atomic E-state index is 4.28. The number of pyridine rings is 1. The zero-order valence-corrected chi connectivity index (χ0v) is 8.20. The van der Waals surface area contributed by atoms with Crippen molar-refractivity contribution in [2.45, 2.75) is 13.0 Å². The maximum atomic E-state index is 4.28. The molecule has 0 amide bonds. The molecule has 74 valence electrons. The van der Waals surface area contributed by atoms with Crippen molar-refractivity contribution in [3.63, 3.8) is 0 Å². The Kier molecular flexibility index (Phi) is 2.62. The van der Waals surface area contributed by atoms with Crippen LogP contribution in [-0.2, 0) is 0 Å². The van der Waals surface area contributed by atoms with E-state index in [1.165, 1.54) is 5.56 Å². The number of nitrogens with one attached hydrogen (secondary N) is 2. The molecule has 1 aliphatic rings. The molecule has 4 heteroatoms. The van der Waals surface area contributed by atoms with E-state index in [2.05, 4.69) is 27.5 Å². The van der Waals surface area contributed by atoms with Gasteiger partial charge in [-0.2, -0.15) is 0 Å². The fourth-order valence-electron chi connectivity index (χ4n) is 1.44. The molecule has 0 fully saturated rings. The number of hydrogen-bond acceptors (Lipinski definition) is 4. The summed E-state index contributed by atoms with van der Waals surface area (Å²) < 4.78 is 0. The van der Waals surface area contributed by atoms with Gasteiger partial charge in [0.15, 0.2) is 5.96 Å². The Hall–Kier alpha value is -1.58. The van der Waals surface area contributed by atoms with Crippen molar-refractivity contribution in [1.82, 2.24) is 15.6 Å². The average Bonchev–Trinajstić information content (AvgIpc) is 2.72. The molecule has 4 nitrogen and oxygen atoms in total. The third kappa shape index (κ3) is 2.02. The van der Waals surface area contributed by atoms with E-state index in [0.29, 0.717) is 0 Å². The predicted molar refractivity (Wildman–Crippen MR) is 56.1 cm³/mol. The predicted octanol–water partition coefficient (Wildman–Crippen LogP) is 0.691. The van der Waals surface area contributed by atoms with Gasteiger partial charge in [-0.15, -0.1) is 0 Å². The zero-order valence-electron chi connectivity index (χ0n) is 8.20. The highest BCUT2D eigenvalue weighted by atomic mass is 15.2. The van der Waals surface area contributed by atoms with E-state index in [4.69, 9.17) is 0 Å². The number of aromatic nitrogens is 1. The van der Waals surface area contributed by atoms with Gasteiger partial charge in [-0.05, 0) is 24.6 Å². The van der Waals surface area contributed by atoms with Crippen molar-refractivity contribution in [3.05, 3.63) is 30.1 Å². The van der Waals surface area contributed by atoms with Gasteiger partial charge in [-0.25, -0.2) is 0 Å². The molecule has 0 bridgehead atoms.